The fraction of sp³-hybridized carbons (Fsp3) is 1.00. The Morgan fingerprint density at radius 3 is 2.30 bits per heavy atom. The molecular formula is C3H5BrClNO4. The van der Waals surface area contributed by atoms with Crippen molar-refractivity contribution >= 4 is 27.5 Å². The number of nitrogens with zero attached hydrogens (tertiary/aromatic N) is 1. The average Bonchev–Trinajstić information content (AvgIpc) is 1.85. The Bertz CT molecular complexity index is 142. The number of alkyl halides is 2. The van der Waals surface area contributed by atoms with Crippen LogP contribution >= 0.6 is 27.5 Å². The maximum Gasteiger partial charge on any atom is 0.335 e. The van der Waals surface area contributed by atoms with Crippen molar-refractivity contribution in [2.75, 3.05) is 6.61 Å². The van der Waals surface area contributed by atoms with Crippen LogP contribution in [0.25, 0.3) is 0 Å². The van der Waals surface area contributed by atoms with Crippen molar-refractivity contribution in [2.24, 2.45) is 0 Å². The van der Waals surface area contributed by atoms with E-state index in [4.69, 9.17) is 21.8 Å². The first-order valence-corrected chi connectivity index (χ1v) is 3.44. The molecule has 7 heteroatoms. The van der Waals surface area contributed by atoms with Crippen LogP contribution in [0.4, 0.5) is 0 Å². The number of rotatable bonds is 3. The van der Waals surface area contributed by atoms with E-state index in [1.807, 2.05) is 0 Å². The van der Waals surface area contributed by atoms with Gasteiger partial charge in [-0.25, -0.2) is 0 Å². The van der Waals surface area contributed by atoms with Gasteiger partial charge in [0, 0.05) is 20.9 Å². The van der Waals surface area contributed by atoms with E-state index < -0.39 is 21.5 Å². The molecule has 0 bridgehead atoms. The minimum atomic E-state index is -2.05. The molecule has 2 atom stereocenters. The van der Waals surface area contributed by atoms with Gasteiger partial charge in [0.05, 0.1) is 0 Å². The fourth-order valence-corrected chi connectivity index (χ4v) is 0.369. The third-order valence-electron chi connectivity index (χ3n) is 0.890. The molecule has 0 spiro atoms. The van der Waals surface area contributed by atoms with Crippen LogP contribution < -0.4 is 0 Å². The van der Waals surface area contributed by atoms with Crippen molar-refractivity contribution in [3.05, 3.63) is 10.1 Å². The Labute approximate surface area is 69.9 Å². The lowest BCUT2D eigenvalue weighted by molar-refractivity contribution is -0.545. The van der Waals surface area contributed by atoms with E-state index in [1.54, 1.807) is 0 Å². The van der Waals surface area contributed by atoms with Crippen LogP contribution in [0.1, 0.15) is 0 Å². The van der Waals surface area contributed by atoms with Crippen molar-refractivity contribution in [3.8, 4) is 0 Å². The van der Waals surface area contributed by atoms with Gasteiger partial charge >= 0.3 is 4.45 Å². The van der Waals surface area contributed by atoms with Crippen LogP contribution in [0.15, 0.2) is 0 Å². The van der Waals surface area contributed by atoms with Crippen LogP contribution in [0.5, 0.6) is 0 Å². The van der Waals surface area contributed by atoms with Gasteiger partial charge in [0.15, 0.2) is 0 Å². The summed E-state index contributed by atoms with van der Waals surface area (Å²) in [5.41, 5.74) is -1.76. The monoisotopic (exact) mass is 233 g/mol. The van der Waals surface area contributed by atoms with Crippen molar-refractivity contribution < 1.29 is 15.1 Å². The molecule has 0 aromatic carbocycles. The third-order valence-corrected chi connectivity index (χ3v) is 2.49. The van der Waals surface area contributed by atoms with Gasteiger partial charge in [-0.05, 0) is 0 Å². The Morgan fingerprint density at radius 2 is 2.30 bits per heavy atom. The summed E-state index contributed by atoms with van der Waals surface area (Å²) >= 11 is 7.47. The molecule has 2 unspecified atom stereocenters. The van der Waals surface area contributed by atoms with Crippen LogP contribution in [-0.4, -0.2) is 31.8 Å². The summed E-state index contributed by atoms with van der Waals surface area (Å²) in [4.78, 5) is 9.15. The molecule has 0 saturated heterocycles. The molecule has 0 fully saturated rings. The second kappa shape index (κ2) is 3.47. The van der Waals surface area contributed by atoms with Gasteiger partial charge in [-0.15, -0.1) is 0 Å². The number of aliphatic hydroxyl groups excluding tert-OH is 2. The lowest BCUT2D eigenvalue weighted by Crippen LogP contribution is -2.44. The maximum atomic E-state index is 10.0. The van der Waals surface area contributed by atoms with Gasteiger partial charge in [-0.1, -0.05) is 11.6 Å². The second-order valence-corrected chi connectivity index (χ2v) is 3.36. The summed E-state index contributed by atoms with van der Waals surface area (Å²) in [5, 5.41) is 27.0. The van der Waals surface area contributed by atoms with Crippen molar-refractivity contribution in [1.29, 1.82) is 0 Å². The van der Waals surface area contributed by atoms with Gasteiger partial charge in [-0.2, -0.15) is 0 Å². The zero-order valence-electron chi connectivity index (χ0n) is 4.70. The van der Waals surface area contributed by atoms with E-state index in [0.29, 0.717) is 0 Å². The summed E-state index contributed by atoms with van der Waals surface area (Å²) in [7, 11) is 0. The van der Waals surface area contributed by atoms with Crippen molar-refractivity contribution in [1.82, 2.24) is 0 Å². The second-order valence-electron chi connectivity index (χ2n) is 1.57. The summed E-state index contributed by atoms with van der Waals surface area (Å²) in [5.74, 6) is 0. The number of hydrogen-bond donors (Lipinski definition) is 2. The minimum Gasteiger partial charge on any atom is -0.388 e. The minimum absolute atomic E-state index is 0.870. The lowest BCUT2D eigenvalue weighted by Gasteiger charge is -2.16. The normalized spacial score (nSPS) is 19.6. The van der Waals surface area contributed by atoms with Crippen LogP contribution in [0.2, 0.25) is 0 Å². The van der Waals surface area contributed by atoms with Crippen LogP contribution in [0, 0.1) is 10.1 Å². The standard InChI is InChI=1S/C3H5BrClNO4/c4-3(1-7,2(5)8)6(9)10/h2,7-8H,1H2. The smallest absolute Gasteiger partial charge is 0.335 e. The van der Waals surface area contributed by atoms with E-state index in [-0.39, 0.29) is 0 Å². The predicted octanol–water partition coefficient (Wildman–Crippen LogP) is -0.0962. The van der Waals surface area contributed by atoms with Crippen molar-refractivity contribution in [3.63, 3.8) is 0 Å². The largest absolute Gasteiger partial charge is 0.388 e. The zero-order valence-corrected chi connectivity index (χ0v) is 7.04. The average molecular weight is 234 g/mol. The molecule has 0 heterocycles. The molecule has 0 radical (unpaired) electrons. The number of halogens is 2. The van der Waals surface area contributed by atoms with E-state index in [1.165, 1.54) is 0 Å². The Kier molecular flexibility index (Phi) is 3.50. The summed E-state index contributed by atoms with van der Waals surface area (Å²) in [6.45, 7) is -0.870. The highest BCUT2D eigenvalue weighted by atomic mass is 79.9. The molecule has 2 N–H and O–H groups in total. The highest BCUT2D eigenvalue weighted by Gasteiger charge is 2.46. The molecule has 0 aromatic rings. The topological polar surface area (TPSA) is 83.6 Å². The van der Waals surface area contributed by atoms with Gasteiger partial charge in [0.25, 0.3) is 0 Å². The van der Waals surface area contributed by atoms with Crippen LogP contribution in [0.3, 0.4) is 0 Å². The Balaban J connectivity index is 4.38. The van der Waals surface area contributed by atoms with Gasteiger partial charge in [0.1, 0.15) is 6.61 Å². The molecule has 0 amide bonds. The lowest BCUT2D eigenvalue weighted by atomic mass is 10.3. The molecule has 0 aliphatic rings. The SMILES string of the molecule is O=[N+]([O-])C(Br)(CO)C(O)Cl. The quantitative estimate of drug-likeness (QED) is 0.309. The third kappa shape index (κ3) is 1.79. The zero-order chi connectivity index (χ0) is 8.36. The number of hydrogen-bond acceptors (Lipinski definition) is 4. The molecule has 5 nitrogen and oxygen atoms in total. The summed E-state index contributed by atoms with van der Waals surface area (Å²) in [6.07, 6.45) is 0. The summed E-state index contributed by atoms with van der Waals surface area (Å²) in [6, 6.07) is 0. The highest BCUT2D eigenvalue weighted by Crippen LogP contribution is 2.24. The van der Waals surface area contributed by atoms with Crippen LogP contribution in [-0.2, 0) is 0 Å². The van der Waals surface area contributed by atoms with Gasteiger partial charge in [0.2, 0.25) is 5.56 Å². The van der Waals surface area contributed by atoms with Gasteiger partial charge < -0.3 is 10.2 Å². The molecular weight excluding hydrogens is 229 g/mol. The molecule has 0 aliphatic heterocycles. The highest BCUT2D eigenvalue weighted by molar-refractivity contribution is 9.10. The fourth-order valence-electron chi connectivity index (χ4n) is 0.220. The molecule has 0 aliphatic carbocycles. The molecule has 0 saturated carbocycles. The molecule has 0 rings (SSSR count). The van der Waals surface area contributed by atoms with Crippen molar-refractivity contribution in [2.45, 2.75) is 10.0 Å². The van der Waals surface area contributed by atoms with E-state index >= 15 is 0 Å². The van der Waals surface area contributed by atoms with E-state index in [2.05, 4.69) is 15.9 Å². The Hall–Kier alpha value is 0.0900. The van der Waals surface area contributed by atoms with E-state index in [9.17, 15) is 10.1 Å². The molecule has 0 aromatic heterocycles. The van der Waals surface area contributed by atoms with E-state index in [0.717, 1.165) is 0 Å². The molecule has 10 heavy (non-hydrogen) atoms. The molecule has 60 valence electrons. The summed E-state index contributed by atoms with van der Waals surface area (Å²) < 4.78 is -2.05. The first-order valence-electron chi connectivity index (χ1n) is 2.21. The number of aliphatic hydroxyl groups is 2. The first kappa shape index (κ1) is 10.1. The maximum absolute atomic E-state index is 10.0. The first-order chi connectivity index (χ1) is 4.45. The Morgan fingerprint density at radius 1 is 1.90 bits per heavy atom. The predicted molar refractivity (Wildman–Crippen MR) is 37.6 cm³/mol. The number of nitro groups is 1. The van der Waals surface area contributed by atoms with Gasteiger partial charge in [-0.3, -0.25) is 10.1 Å².